The molecule has 0 bridgehead atoms. The largest absolute Gasteiger partial charge is 0.393 e. The molecule has 0 aliphatic rings. The Labute approximate surface area is 122 Å². The molecule has 100 valence electrons. The first kappa shape index (κ1) is 14.0. The molecule has 1 unspecified atom stereocenters. The molecule has 0 saturated heterocycles. The van der Waals surface area contributed by atoms with Crippen LogP contribution in [0.25, 0.3) is 10.1 Å². The van der Waals surface area contributed by atoms with E-state index in [1.165, 1.54) is 0 Å². The van der Waals surface area contributed by atoms with Gasteiger partial charge in [0.15, 0.2) is 0 Å². The van der Waals surface area contributed by atoms with Crippen LogP contribution in [0, 0.1) is 0 Å². The number of fused-ring (bicyclic) bond motifs is 1. The van der Waals surface area contributed by atoms with Gasteiger partial charge in [-0.3, -0.25) is 4.79 Å². The van der Waals surface area contributed by atoms with Crippen molar-refractivity contribution >= 4 is 44.5 Å². The fourth-order valence-electron chi connectivity index (χ4n) is 1.96. The molecule has 0 spiro atoms. The SMILES string of the molecule is CC(CC(N)=S)N(C)C(=O)c1csc2ccccc12. The van der Waals surface area contributed by atoms with Gasteiger partial charge in [0.05, 0.1) is 10.6 Å². The van der Waals surface area contributed by atoms with Gasteiger partial charge in [-0.25, -0.2) is 0 Å². The normalized spacial score (nSPS) is 12.3. The zero-order chi connectivity index (χ0) is 14.0. The highest BCUT2D eigenvalue weighted by molar-refractivity contribution is 7.80. The van der Waals surface area contributed by atoms with Crippen molar-refractivity contribution in [3.8, 4) is 0 Å². The number of thiocarbonyl (C=S) groups is 1. The minimum Gasteiger partial charge on any atom is -0.393 e. The summed E-state index contributed by atoms with van der Waals surface area (Å²) >= 11 is 6.48. The number of amides is 1. The minimum atomic E-state index is 0.00339. The average molecular weight is 292 g/mol. The van der Waals surface area contributed by atoms with Crippen molar-refractivity contribution in [2.24, 2.45) is 5.73 Å². The van der Waals surface area contributed by atoms with Gasteiger partial charge in [-0.1, -0.05) is 30.4 Å². The van der Waals surface area contributed by atoms with Crippen molar-refractivity contribution in [3.05, 3.63) is 35.2 Å². The first-order chi connectivity index (χ1) is 9.00. The van der Waals surface area contributed by atoms with E-state index in [0.717, 1.165) is 15.6 Å². The van der Waals surface area contributed by atoms with Crippen LogP contribution in [0.2, 0.25) is 0 Å². The van der Waals surface area contributed by atoms with Crippen LogP contribution in [-0.2, 0) is 0 Å². The summed E-state index contributed by atoms with van der Waals surface area (Å²) in [5.41, 5.74) is 6.28. The highest BCUT2D eigenvalue weighted by Crippen LogP contribution is 2.26. The third-order valence-electron chi connectivity index (χ3n) is 3.19. The lowest BCUT2D eigenvalue weighted by Gasteiger charge is -2.24. The van der Waals surface area contributed by atoms with E-state index in [0.29, 0.717) is 11.4 Å². The lowest BCUT2D eigenvalue weighted by molar-refractivity contribution is 0.0750. The van der Waals surface area contributed by atoms with E-state index in [-0.39, 0.29) is 11.9 Å². The van der Waals surface area contributed by atoms with E-state index in [9.17, 15) is 4.79 Å². The summed E-state index contributed by atoms with van der Waals surface area (Å²) in [7, 11) is 1.79. The highest BCUT2D eigenvalue weighted by Gasteiger charge is 2.20. The number of rotatable bonds is 4. The molecule has 2 aromatic rings. The van der Waals surface area contributed by atoms with E-state index in [1.54, 1.807) is 23.3 Å². The first-order valence-corrected chi connectivity index (χ1v) is 7.31. The van der Waals surface area contributed by atoms with Gasteiger partial charge < -0.3 is 10.6 Å². The molecular weight excluding hydrogens is 276 g/mol. The van der Waals surface area contributed by atoms with Crippen molar-refractivity contribution in [3.63, 3.8) is 0 Å². The molecule has 1 amide bonds. The predicted molar refractivity (Wildman–Crippen MR) is 84.8 cm³/mol. The fraction of sp³-hybridized carbons (Fsp3) is 0.286. The Hall–Kier alpha value is -1.46. The summed E-state index contributed by atoms with van der Waals surface area (Å²) < 4.78 is 1.13. The molecule has 0 radical (unpaired) electrons. The van der Waals surface area contributed by atoms with E-state index < -0.39 is 0 Å². The van der Waals surface area contributed by atoms with Crippen LogP contribution in [0.5, 0.6) is 0 Å². The Morgan fingerprint density at radius 3 is 2.84 bits per heavy atom. The summed E-state index contributed by atoms with van der Waals surface area (Å²) in [6.07, 6.45) is 0.541. The minimum absolute atomic E-state index is 0.00339. The number of hydrogen-bond acceptors (Lipinski definition) is 3. The molecule has 1 atom stereocenters. The van der Waals surface area contributed by atoms with E-state index in [2.05, 4.69) is 0 Å². The topological polar surface area (TPSA) is 46.3 Å². The second-order valence-electron chi connectivity index (χ2n) is 4.58. The summed E-state index contributed by atoms with van der Waals surface area (Å²) in [5.74, 6) is 0.0150. The van der Waals surface area contributed by atoms with Crippen LogP contribution in [0.15, 0.2) is 29.6 Å². The quantitative estimate of drug-likeness (QED) is 0.881. The smallest absolute Gasteiger partial charge is 0.255 e. The van der Waals surface area contributed by atoms with Gasteiger partial charge in [-0.05, 0) is 13.0 Å². The molecular formula is C14H16N2OS2. The van der Waals surface area contributed by atoms with Gasteiger partial charge in [0.25, 0.3) is 5.91 Å². The summed E-state index contributed by atoms with van der Waals surface area (Å²) in [6.45, 7) is 1.95. The Balaban J connectivity index is 2.26. The van der Waals surface area contributed by atoms with Crippen LogP contribution < -0.4 is 5.73 Å². The maximum atomic E-state index is 12.5. The molecule has 19 heavy (non-hydrogen) atoms. The summed E-state index contributed by atoms with van der Waals surface area (Å²) in [5, 5.41) is 2.92. The van der Waals surface area contributed by atoms with E-state index >= 15 is 0 Å². The van der Waals surface area contributed by atoms with Gasteiger partial charge in [0, 0.05) is 35.0 Å². The van der Waals surface area contributed by atoms with Gasteiger partial charge in [0.1, 0.15) is 0 Å². The number of benzene rings is 1. The van der Waals surface area contributed by atoms with E-state index in [1.807, 2.05) is 36.6 Å². The maximum Gasteiger partial charge on any atom is 0.255 e. The zero-order valence-corrected chi connectivity index (χ0v) is 12.6. The number of nitrogens with zero attached hydrogens (tertiary/aromatic N) is 1. The third kappa shape index (κ3) is 2.93. The van der Waals surface area contributed by atoms with Gasteiger partial charge in [0.2, 0.25) is 0 Å². The van der Waals surface area contributed by atoms with Gasteiger partial charge in [-0.2, -0.15) is 0 Å². The third-order valence-corrected chi connectivity index (χ3v) is 4.32. The molecule has 1 heterocycles. The Bertz CT molecular complexity index is 621. The number of carbonyl (C=O) groups excluding carboxylic acids is 1. The standard InChI is InChI=1S/C14H16N2OS2/c1-9(7-13(15)18)16(2)14(17)11-8-19-12-6-4-3-5-10(11)12/h3-6,8-9H,7H2,1-2H3,(H2,15,18). The zero-order valence-electron chi connectivity index (χ0n) is 10.9. The Morgan fingerprint density at radius 1 is 1.47 bits per heavy atom. The number of nitrogens with two attached hydrogens (primary N) is 1. The lowest BCUT2D eigenvalue weighted by atomic mass is 10.1. The molecule has 5 heteroatoms. The Morgan fingerprint density at radius 2 is 2.16 bits per heavy atom. The lowest BCUT2D eigenvalue weighted by Crippen LogP contribution is -2.37. The number of thiophene rings is 1. The van der Waals surface area contributed by atoms with Gasteiger partial charge in [-0.15, -0.1) is 11.3 Å². The number of carbonyl (C=O) groups is 1. The van der Waals surface area contributed by atoms with Crippen LogP contribution in [0.1, 0.15) is 23.7 Å². The Kier molecular flexibility index (Phi) is 4.17. The molecule has 2 N–H and O–H groups in total. The molecule has 0 saturated carbocycles. The molecule has 0 fully saturated rings. The second kappa shape index (κ2) is 5.67. The van der Waals surface area contributed by atoms with Crippen molar-refractivity contribution in [2.75, 3.05) is 7.05 Å². The van der Waals surface area contributed by atoms with Crippen molar-refractivity contribution in [1.82, 2.24) is 4.90 Å². The molecule has 2 rings (SSSR count). The molecule has 3 nitrogen and oxygen atoms in total. The van der Waals surface area contributed by atoms with Crippen molar-refractivity contribution in [2.45, 2.75) is 19.4 Å². The molecule has 0 aliphatic carbocycles. The van der Waals surface area contributed by atoms with Crippen LogP contribution in [0.3, 0.4) is 0 Å². The average Bonchev–Trinajstić information content (AvgIpc) is 2.80. The van der Waals surface area contributed by atoms with Crippen LogP contribution in [0.4, 0.5) is 0 Å². The van der Waals surface area contributed by atoms with Crippen LogP contribution in [-0.4, -0.2) is 28.9 Å². The molecule has 1 aromatic carbocycles. The molecule has 0 aliphatic heterocycles. The highest BCUT2D eigenvalue weighted by atomic mass is 32.1. The fourth-order valence-corrected chi connectivity index (χ4v) is 3.14. The summed E-state index contributed by atoms with van der Waals surface area (Å²) in [6, 6.07) is 7.93. The molecule has 1 aromatic heterocycles. The number of hydrogen-bond donors (Lipinski definition) is 1. The van der Waals surface area contributed by atoms with Gasteiger partial charge >= 0.3 is 0 Å². The first-order valence-electron chi connectivity index (χ1n) is 6.02. The summed E-state index contributed by atoms with van der Waals surface area (Å²) in [4.78, 5) is 14.6. The van der Waals surface area contributed by atoms with Crippen molar-refractivity contribution in [1.29, 1.82) is 0 Å². The van der Waals surface area contributed by atoms with Crippen LogP contribution >= 0.6 is 23.6 Å². The monoisotopic (exact) mass is 292 g/mol. The maximum absolute atomic E-state index is 12.5. The van der Waals surface area contributed by atoms with Crippen molar-refractivity contribution < 1.29 is 4.79 Å². The van der Waals surface area contributed by atoms with E-state index in [4.69, 9.17) is 18.0 Å². The second-order valence-corrected chi connectivity index (χ2v) is 6.02. The predicted octanol–water partition coefficient (Wildman–Crippen LogP) is 3.04.